The van der Waals surface area contributed by atoms with E-state index in [1.165, 1.54) is 17.7 Å². The fourth-order valence-corrected chi connectivity index (χ4v) is 2.64. The number of phenolic OH excluding ortho intramolecular Hbond substituents is 1. The molecule has 0 bridgehead atoms. The summed E-state index contributed by atoms with van der Waals surface area (Å²) in [6, 6.07) is 14.2. The molecule has 0 saturated heterocycles. The molecule has 0 spiro atoms. The van der Waals surface area contributed by atoms with Crippen molar-refractivity contribution in [2.75, 3.05) is 11.9 Å². The van der Waals surface area contributed by atoms with Crippen molar-refractivity contribution in [1.29, 1.82) is 0 Å². The molecule has 3 N–H and O–H groups in total. The number of hydrogen-bond acceptors (Lipinski definition) is 3. The number of benzene rings is 2. The lowest BCUT2D eigenvalue weighted by Gasteiger charge is -2.14. The van der Waals surface area contributed by atoms with Gasteiger partial charge in [0.25, 0.3) is 0 Å². The Morgan fingerprint density at radius 1 is 0.962 bits per heavy atom. The van der Waals surface area contributed by atoms with Crippen molar-refractivity contribution in [1.82, 2.24) is 5.32 Å². The molecular formula is C21H26N2O3. The van der Waals surface area contributed by atoms with Gasteiger partial charge in [-0.15, -0.1) is 0 Å². The van der Waals surface area contributed by atoms with Gasteiger partial charge in [-0.3, -0.25) is 9.59 Å². The zero-order chi connectivity index (χ0) is 19.1. The highest BCUT2D eigenvalue weighted by Crippen LogP contribution is 2.18. The molecule has 138 valence electrons. The third kappa shape index (κ3) is 5.92. The molecule has 0 radical (unpaired) electrons. The van der Waals surface area contributed by atoms with Gasteiger partial charge >= 0.3 is 0 Å². The Hall–Kier alpha value is -2.82. The molecule has 5 nitrogen and oxygen atoms in total. The molecule has 0 aliphatic rings. The second kappa shape index (κ2) is 9.04. The van der Waals surface area contributed by atoms with Crippen LogP contribution in [0.15, 0.2) is 48.5 Å². The standard InChI is InChI=1S/C21H26N2O3/c1-14(2)12-16-4-6-17(7-5-16)15(3)21(26)22-13-20(25)23-18-8-10-19(24)11-9-18/h4-11,14-15,24H,12-13H2,1-3H3,(H,22,26)(H,23,25). The molecule has 2 rings (SSSR count). The first-order valence-corrected chi connectivity index (χ1v) is 8.80. The summed E-state index contributed by atoms with van der Waals surface area (Å²) in [5, 5.41) is 14.5. The quantitative estimate of drug-likeness (QED) is 0.667. The topological polar surface area (TPSA) is 78.4 Å². The van der Waals surface area contributed by atoms with Crippen LogP contribution in [-0.2, 0) is 16.0 Å². The van der Waals surface area contributed by atoms with Gasteiger partial charge in [0.2, 0.25) is 11.8 Å². The number of phenols is 1. The van der Waals surface area contributed by atoms with E-state index in [-0.39, 0.29) is 30.0 Å². The van der Waals surface area contributed by atoms with E-state index in [2.05, 4.69) is 36.6 Å². The fraction of sp³-hybridized carbons (Fsp3) is 0.333. The van der Waals surface area contributed by atoms with Crippen LogP contribution in [0, 0.1) is 5.92 Å². The maximum atomic E-state index is 12.3. The average molecular weight is 354 g/mol. The van der Waals surface area contributed by atoms with Gasteiger partial charge in [0.1, 0.15) is 5.75 Å². The van der Waals surface area contributed by atoms with Crippen LogP contribution in [0.4, 0.5) is 5.69 Å². The zero-order valence-corrected chi connectivity index (χ0v) is 15.5. The van der Waals surface area contributed by atoms with E-state index in [4.69, 9.17) is 0 Å². The molecule has 0 aromatic heterocycles. The SMILES string of the molecule is CC(C)Cc1ccc(C(C)C(=O)NCC(=O)Nc2ccc(O)cc2)cc1. The van der Waals surface area contributed by atoms with Gasteiger partial charge < -0.3 is 15.7 Å². The zero-order valence-electron chi connectivity index (χ0n) is 15.5. The van der Waals surface area contributed by atoms with Gasteiger partial charge in [0.05, 0.1) is 12.5 Å². The molecule has 0 aliphatic heterocycles. The molecule has 0 saturated carbocycles. The van der Waals surface area contributed by atoms with Crippen molar-refractivity contribution >= 4 is 17.5 Å². The first kappa shape index (κ1) is 19.5. The lowest BCUT2D eigenvalue weighted by Crippen LogP contribution is -2.35. The van der Waals surface area contributed by atoms with Crippen LogP contribution in [0.3, 0.4) is 0 Å². The Balaban J connectivity index is 1.84. The highest BCUT2D eigenvalue weighted by molar-refractivity contribution is 5.95. The summed E-state index contributed by atoms with van der Waals surface area (Å²) < 4.78 is 0. The van der Waals surface area contributed by atoms with E-state index in [0.717, 1.165) is 12.0 Å². The van der Waals surface area contributed by atoms with Gasteiger partial charge in [0.15, 0.2) is 0 Å². The fourth-order valence-electron chi connectivity index (χ4n) is 2.64. The van der Waals surface area contributed by atoms with Crippen molar-refractivity contribution in [3.63, 3.8) is 0 Å². The van der Waals surface area contributed by atoms with Crippen molar-refractivity contribution < 1.29 is 14.7 Å². The van der Waals surface area contributed by atoms with Crippen LogP contribution < -0.4 is 10.6 Å². The minimum atomic E-state index is -0.329. The number of rotatable bonds is 7. The molecule has 1 unspecified atom stereocenters. The number of aromatic hydroxyl groups is 1. The summed E-state index contributed by atoms with van der Waals surface area (Å²) in [7, 11) is 0. The van der Waals surface area contributed by atoms with Gasteiger partial charge in [0, 0.05) is 5.69 Å². The van der Waals surface area contributed by atoms with Crippen LogP contribution in [-0.4, -0.2) is 23.5 Å². The summed E-state index contributed by atoms with van der Waals surface area (Å²) >= 11 is 0. The lowest BCUT2D eigenvalue weighted by molar-refractivity contribution is -0.125. The molecule has 26 heavy (non-hydrogen) atoms. The largest absolute Gasteiger partial charge is 0.508 e. The molecule has 0 fully saturated rings. The van der Waals surface area contributed by atoms with Crippen LogP contribution in [0.25, 0.3) is 0 Å². The summed E-state index contributed by atoms with van der Waals surface area (Å²) in [5.41, 5.74) is 2.74. The second-order valence-corrected chi connectivity index (χ2v) is 6.87. The third-order valence-corrected chi connectivity index (χ3v) is 4.09. The molecule has 2 amide bonds. The highest BCUT2D eigenvalue weighted by Gasteiger charge is 2.16. The Morgan fingerprint density at radius 2 is 1.58 bits per heavy atom. The number of anilines is 1. The van der Waals surface area contributed by atoms with Gasteiger partial charge in [-0.05, 0) is 54.7 Å². The van der Waals surface area contributed by atoms with Crippen LogP contribution in [0.5, 0.6) is 5.75 Å². The number of carbonyl (C=O) groups is 2. The highest BCUT2D eigenvalue weighted by atomic mass is 16.3. The Morgan fingerprint density at radius 3 is 2.15 bits per heavy atom. The molecule has 1 atom stereocenters. The van der Waals surface area contributed by atoms with Crippen molar-refractivity contribution in [3.05, 3.63) is 59.7 Å². The van der Waals surface area contributed by atoms with Crippen molar-refractivity contribution in [3.8, 4) is 5.75 Å². The first-order valence-electron chi connectivity index (χ1n) is 8.80. The monoisotopic (exact) mass is 354 g/mol. The number of carbonyl (C=O) groups excluding carboxylic acids is 2. The molecule has 2 aromatic rings. The van der Waals surface area contributed by atoms with E-state index < -0.39 is 0 Å². The average Bonchev–Trinajstić information content (AvgIpc) is 2.61. The summed E-state index contributed by atoms with van der Waals surface area (Å²) in [6.45, 7) is 6.07. The van der Waals surface area contributed by atoms with Crippen LogP contribution >= 0.6 is 0 Å². The normalized spacial score (nSPS) is 11.8. The lowest BCUT2D eigenvalue weighted by atomic mass is 9.96. The summed E-state index contributed by atoms with van der Waals surface area (Å²) in [6.07, 6.45) is 1.01. The van der Waals surface area contributed by atoms with E-state index in [1.807, 2.05) is 19.1 Å². The second-order valence-electron chi connectivity index (χ2n) is 6.87. The van der Waals surface area contributed by atoms with Crippen LogP contribution in [0.1, 0.15) is 37.8 Å². The maximum absolute atomic E-state index is 12.3. The van der Waals surface area contributed by atoms with E-state index >= 15 is 0 Å². The van der Waals surface area contributed by atoms with E-state index in [1.54, 1.807) is 12.1 Å². The molecular weight excluding hydrogens is 328 g/mol. The number of hydrogen-bond donors (Lipinski definition) is 3. The smallest absolute Gasteiger partial charge is 0.243 e. The summed E-state index contributed by atoms with van der Waals surface area (Å²) in [5.74, 6) is -0.117. The predicted molar refractivity (Wildman–Crippen MR) is 103 cm³/mol. The molecule has 2 aromatic carbocycles. The third-order valence-electron chi connectivity index (χ3n) is 4.09. The maximum Gasteiger partial charge on any atom is 0.243 e. The van der Waals surface area contributed by atoms with Gasteiger partial charge in [-0.25, -0.2) is 0 Å². The Labute approximate surface area is 154 Å². The Bertz CT molecular complexity index is 737. The van der Waals surface area contributed by atoms with Gasteiger partial charge in [-0.1, -0.05) is 38.1 Å². The van der Waals surface area contributed by atoms with E-state index in [9.17, 15) is 14.7 Å². The first-order chi connectivity index (χ1) is 12.3. The Kier molecular flexibility index (Phi) is 6.78. The van der Waals surface area contributed by atoms with Crippen molar-refractivity contribution in [2.24, 2.45) is 5.92 Å². The molecule has 0 aliphatic carbocycles. The van der Waals surface area contributed by atoms with Crippen molar-refractivity contribution in [2.45, 2.75) is 33.1 Å². The van der Waals surface area contributed by atoms with Gasteiger partial charge in [-0.2, -0.15) is 0 Å². The number of nitrogens with one attached hydrogen (secondary N) is 2. The molecule has 5 heteroatoms. The number of amides is 2. The summed E-state index contributed by atoms with van der Waals surface area (Å²) in [4.78, 5) is 24.2. The minimum absolute atomic E-state index is 0.102. The predicted octanol–water partition coefficient (Wildman–Crippen LogP) is 3.45. The minimum Gasteiger partial charge on any atom is -0.508 e. The molecule has 0 heterocycles. The van der Waals surface area contributed by atoms with Crippen LogP contribution in [0.2, 0.25) is 0 Å². The van der Waals surface area contributed by atoms with E-state index in [0.29, 0.717) is 11.6 Å².